The van der Waals surface area contributed by atoms with Crippen molar-refractivity contribution < 1.29 is 14.6 Å². The molecule has 104 valence electrons. The van der Waals surface area contributed by atoms with Crippen molar-refractivity contribution in [3.05, 3.63) is 23.8 Å². The second-order valence-corrected chi connectivity index (χ2v) is 4.73. The van der Waals surface area contributed by atoms with Gasteiger partial charge in [0.2, 0.25) is 5.91 Å². The van der Waals surface area contributed by atoms with E-state index in [9.17, 15) is 9.90 Å². The van der Waals surface area contributed by atoms with Crippen LogP contribution < -0.4 is 4.90 Å². The zero-order valence-corrected chi connectivity index (χ0v) is 11.4. The maximum atomic E-state index is 12.2. The van der Waals surface area contributed by atoms with Crippen molar-refractivity contribution in [2.75, 3.05) is 24.7 Å². The molecule has 1 aliphatic rings. The van der Waals surface area contributed by atoms with E-state index in [-0.39, 0.29) is 11.7 Å². The molecular weight excluding hydrogens is 242 g/mol. The molecule has 0 saturated heterocycles. The van der Waals surface area contributed by atoms with Crippen molar-refractivity contribution in [2.24, 2.45) is 0 Å². The van der Waals surface area contributed by atoms with Crippen LogP contribution in [0.3, 0.4) is 0 Å². The number of aromatic hydroxyl groups is 1. The fourth-order valence-electron chi connectivity index (χ4n) is 2.48. The molecule has 0 atom stereocenters. The number of fused-ring (bicyclic) bond motifs is 1. The maximum absolute atomic E-state index is 12.2. The number of phenolic OH excluding ortho intramolecular Hbond substituents is 1. The molecule has 2 rings (SSSR count). The third-order valence-electron chi connectivity index (χ3n) is 3.38. The van der Waals surface area contributed by atoms with Crippen molar-refractivity contribution >= 4 is 11.6 Å². The highest BCUT2D eigenvalue weighted by molar-refractivity contribution is 5.96. The zero-order chi connectivity index (χ0) is 13.7. The second-order valence-electron chi connectivity index (χ2n) is 4.73. The van der Waals surface area contributed by atoms with E-state index in [0.29, 0.717) is 31.9 Å². The Balaban J connectivity index is 2.04. The molecule has 0 radical (unpaired) electrons. The van der Waals surface area contributed by atoms with E-state index in [0.717, 1.165) is 24.8 Å². The summed E-state index contributed by atoms with van der Waals surface area (Å²) < 4.78 is 5.24. The van der Waals surface area contributed by atoms with Crippen LogP contribution >= 0.6 is 0 Å². The number of rotatable bonds is 5. The summed E-state index contributed by atoms with van der Waals surface area (Å²) in [5.41, 5.74) is 1.76. The number of aryl methyl sites for hydroxylation is 1. The summed E-state index contributed by atoms with van der Waals surface area (Å²) in [5.74, 6) is 0.275. The summed E-state index contributed by atoms with van der Waals surface area (Å²) in [6.45, 7) is 3.93. The van der Waals surface area contributed by atoms with Gasteiger partial charge in [0.1, 0.15) is 5.75 Å². The number of ether oxygens (including phenoxy) is 1. The number of para-hydroxylation sites is 1. The van der Waals surface area contributed by atoms with E-state index in [4.69, 9.17) is 4.74 Å². The first-order chi connectivity index (χ1) is 9.24. The Bertz CT molecular complexity index is 445. The zero-order valence-electron chi connectivity index (χ0n) is 11.4. The summed E-state index contributed by atoms with van der Waals surface area (Å²) in [6.07, 6.45) is 3.07. The van der Waals surface area contributed by atoms with Crippen LogP contribution in [0.25, 0.3) is 0 Å². The number of anilines is 1. The smallest absolute Gasteiger partial charge is 0.227 e. The Morgan fingerprint density at radius 1 is 1.47 bits per heavy atom. The summed E-state index contributed by atoms with van der Waals surface area (Å²) in [7, 11) is 0. The fraction of sp³-hybridized carbons (Fsp3) is 0.533. The van der Waals surface area contributed by atoms with E-state index in [1.54, 1.807) is 11.0 Å². The number of nitrogens with zero attached hydrogens (tertiary/aromatic N) is 1. The topological polar surface area (TPSA) is 49.8 Å². The van der Waals surface area contributed by atoms with E-state index in [1.165, 1.54) is 0 Å². The third kappa shape index (κ3) is 3.26. The van der Waals surface area contributed by atoms with E-state index < -0.39 is 0 Å². The predicted octanol–water partition coefficient (Wildman–Crippen LogP) is 2.49. The molecule has 19 heavy (non-hydrogen) atoms. The van der Waals surface area contributed by atoms with E-state index in [1.807, 2.05) is 19.1 Å². The first kappa shape index (κ1) is 13.9. The Kier molecular flexibility index (Phi) is 4.80. The summed E-state index contributed by atoms with van der Waals surface area (Å²) in [5, 5.41) is 9.97. The molecule has 1 aromatic rings. The average Bonchev–Trinajstić information content (AvgIpc) is 2.43. The van der Waals surface area contributed by atoms with Crippen molar-refractivity contribution in [3.63, 3.8) is 0 Å². The van der Waals surface area contributed by atoms with Gasteiger partial charge >= 0.3 is 0 Å². The van der Waals surface area contributed by atoms with Crippen molar-refractivity contribution in [1.29, 1.82) is 0 Å². The second kappa shape index (κ2) is 6.57. The van der Waals surface area contributed by atoms with Gasteiger partial charge in [-0.3, -0.25) is 4.79 Å². The predicted molar refractivity (Wildman–Crippen MR) is 74.5 cm³/mol. The minimum Gasteiger partial charge on any atom is -0.506 e. The van der Waals surface area contributed by atoms with Gasteiger partial charge in [0.15, 0.2) is 0 Å². The lowest BCUT2D eigenvalue weighted by molar-refractivity contribution is -0.119. The molecule has 1 N–H and O–H groups in total. The number of hydrogen-bond acceptors (Lipinski definition) is 3. The van der Waals surface area contributed by atoms with Gasteiger partial charge in [-0.2, -0.15) is 0 Å². The van der Waals surface area contributed by atoms with Gasteiger partial charge in [-0.25, -0.2) is 0 Å². The van der Waals surface area contributed by atoms with Crippen LogP contribution in [-0.4, -0.2) is 30.8 Å². The van der Waals surface area contributed by atoms with E-state index >= 15 is 0 Å². The third-order valence-corrected chi connectivity index (χ3v) is 3.38. The lowest BCUT2D eigenvalue weighted by atomic mass is 10.0. The van der Waals surface area contributed by atoms with Crippen molar-refractivity contribution in [1.82, 2.24) is 0 Å². The summed E-state index contributed by atoms with van der Waals surface area (Å²) in [4.78, 5) is 14.0. The van der Waals surface area contributed by atoms with Gasteiger partial charge in [-0.05, 0) is 37.8 Å². The van der Waals surface area contributed by atoms with Gasteiger partial charge in [0.05, 0.1) is 5.69 Å². The summed E-state index contributed by atoms with van der Waals surface area (Å²) >= 11 is 0. The number of benzene rings is 1. The Morgan fingerprint density at radius 2 is 2.32 bits per heavy atom. The molecule has 0 aromatic heterocycles. The first-order valence-electron chi connectivity index (χ1n) is 6.93. The molecule has 4 nitrogen and oxygen atoms in total. The highest BCUT2D eigenvalue weighted by Gasteiger charge is 2.24. The molecular formula is C15H21NO3. The van der Waals surface area contributed by atoms with Gasteiger partial charge in [-0.1, -0.05) is 12.1 Å². The Morgan fingerprint density at radius 3 is 3.11 bits per heavy atom. The van der Waals surface area contributed by atoms with E-state index in [2.05, 4.69) is 0 Å². The molecule has 4 heteroatoms. The number of hydrogen-bond donors (Lipinski definition) is 1. The van der Waals surface area contributed by atoms with Crippen LogP contribution in [-0.2, 0) is 16.0 Å². The van der Waals surface area contributed by atoms with Gasteiger partial charge in [0.25, 0.3) is 0 Å². The monoisotopic (exact) mass is 263 g/mol. The van der Waals surface area contributed by atoms with Crippen molar-refractivity contribution in [3.8, 4) is 5.75 Å². The lowest BCUT2D eigenvalue weighted by Gasteiger charge is -2.30. The molecule has 0 saturated carbocycles. The lowest BCUT2D eigenvalue weighted by Crippen LogP contribution is -2.35. The fourth-order valence-corrected chi connectivity index (χ4v) is 2.48. The molecule has 1 aliphatic heterocycles. The SMILES string of the molecule is CCOCCCC(=O)N1CCCc2cccc(O)c21. The van der Waals surface area contributed by atoms with Crippen LogP contribution in [0.1, 0.15) is 31.7 Å². The molecule has 0 spiro atoms. The normalized spacial score (nSPS) is 14.3. The minimum absolute atomic E-state index is 0.0714. The maximum Gasteiger partial charge on any atom is 0.227 e. The van der Waals surface area contributed by atoms with Gasteiger partial charge < -0.3 is 14.7 Å². The van der Waals surface area contributed by atoms with Gasteiger partial charge in [0, 0.05) is 26.2 Å². The quantitative estimate of drug-likeness (QED) is 0.830. The van der Waals surface area contributed by atoms with Crippen molar-refractivity contribution in [2.45, 2.75) is 32.6 Å². The molecule has 1 amide bonds. The average molecular weight is 263 g/mol. The number of phenols is 1. The van der Waals surface area contributed by atoms with Crippen LogP contribution in [0.2, 0.25) is 0 Å². The van der Waals surface area contributed by atoms with Crippen LogP contribution in [0.15, 0.2) is 18.2 Å². The first-order valence-corrected chi connectivity index (χ1v) is 6.93. The Hall–Kier alpha value is -1.55. The number of carbonyl (C=O) groups excluding carboxylic acids is 1. The highest BCUT2D eigenvalue weighted by atomic mass is 16.5. The summed E-state index contributed by atoms with van der Waals surface area (Å²) in [6, 6.07) is 5.45. The van der Waals surface area contributed by atoms with Crippen LogP contribution in [0, 0.1) is 0 Å². The number of carbonyl (C=O) groups is 1. The largest absolute Gasteiger partial charge is 0.506 e. The Labute approximate surface area is 114 Å². The standard InChI is InChI=1S/C15H21NO3/c1-2-19-11-5-9-14(18)16-10-4-7-12-6-3-8-13(17)15(12)16/h3,6,8,17H,2,4-5,7,9-11H2,1H3. The minimum atomic E-state index is 0.0714. The molecule has 0 unspecified atom stereocenters. The molecule has 0 aliphatic carbocycles. The van der Waals surface area contributed by atoms with Crippen LogP contribution in [0.5, 0.6) is 5.75 Å². The highest BCUT2D eigenvalue weighted by Crippen LogP contribution is 2.35. The molecule has 0 bridgehead atoms. The van der Waals surface area contributed by atoms with Gasteiger partial charge in [-0.15, -0.1) is 0 Å². The molecule has 0 fully saturated rings. The number of amides is 1. The van der Waals surface area contributed by atoms with Crippen LogP contribution in [0.4, 0.5) is 5.69 Å². The molecule has 1 heterocycles. The molecule has 1 aromatic carbocycles.